The van der Waals surface area contributed by atoms with Crippen LogP contribution in [0.25, 0.3) is 0 Å². The summed E-state index contributed by atoms with van der Waals surface area (Å²) in [6.07, 6.45) is 13.4. The molecule has 0 radical (unpaired) electrons. The Morgan fingerprint density at radius 1 is 0.589 bits per heavy atom. The Morgan fingerprint density at radius 2 is 1.02 bits per heavy atom. The predicted octanol–water partition coefficient (Wildman–Crippen LogP) is 8.86. The fraction of sp³-hybridized carbons (Fsp3) is 0.727. The van der Waals surface area contributed by atoms with Crippen LogP contribution in [0.5, 0.6) is 0 Å². The highest BCUT2D eigenvalue weighted by Gasteiger charge is 2.28. The van der Waals surface area contributed by atoms with Gasteiger partial charge in [0.15, 0.2) is 0 Å². The van der Waals surface area contributed by atoms with Gasteiger partial charge < -0.3 is 29.5 Å². The van der Waals surface area contributed by atoms with Gasteiger partial charge in [0.1, 0.15) is 22.8 Å². The van der Waals surface area contributed by atoms with Gasteiger partial charge in [-0.2, -0.15) is 0 Å². The summed E-state index contributed by atoms with van der Waals surface area (Å²) >= 11 is 0. The van der Waals surface area contributed by atoms with Crippen molar-refractivity contribution in [2.45, 2.75) is 201 Å². The maximum atomic E-state index is 13.4. The van der Waals surface area contributed by atoms with Crippen molar-refractivity contribution in [2.75, 3.05) is 6.54 Å². The minimum atomic E-state index is -1.14. The lowest BCUT2D eigenvalue weighted by atomic mass is 10.0. The number of esters is 3. The first kappa shape index (κ1) is 50.1. The number of amides is 2. The number of hydrogen-bond acceptors (Lipinski definition) is 9. The molecule has 2 N–H and O–H groups in total. The number of rotatable bonds is 26. The highest BCUT2D eigenvalue weighted by atomic mass is 16.6. The average Bonchev–Trinajstić information content (AvgIpc) is 3.06. The Hall–Kier alpha value is -3.96. The molecule has 56 heavy (non-hydrogen) atoms. The average molecular weight is 789 g/mol. The second kappa shape index (κ2) is 25.3. The molecule has 0 aliphatic heterocycles. The van der Waals surface area contributed by atoms with Crippen LogP contribution in [-0.2, 0) is 44.7 Å². The number of ether oxygens (including phenoxy) is 3. The third-order valence-corrected chi connectivity index (χ3v) is 8.53. The normalized spacial score (nSPS) is 12.4. The van der Waals surface area contributed by atoms with E-state index in [0.29, 0.717) is 12.8 Å². The Labute approximate surface area is 336 Å². The van der Waals surface area contributed by atoms with E-state index < -0.39 is 40.7 Å². The van der Waals surface area contributed by atoms with Gasteiger partial charge in [-0.25, -0.2) is 4.79 Å². The summed E-state index contributed by atoms with van der Waals surface area (Å²) in [5, 5.41) is 11.7. The molecule has 0 heterocycles. The van der Waals surface area contributed by atoms with Gasteiger partial charge in [-0.05, 0) is 99.3 Å². The molecule has 0 fully saturated rings. The largest absolute Gasteiger partial charge is 0.481 e. The molecule has 12 nitrogen and oxygen atoms in total. The summed E-state index contributed by atoms with van der Waals surface area (Å²) in [5.41, 5.74) is -0.850. The summed E-state index contributed by atoms with van der Waals surface area (Å²) < 4.78 is 16.2. The van der Waals surface area contributed by atoms with E-state index in [2.05, 4.69) is 5.32 Å². The number of carboxylic acids is 1. The van der Waals surface area contributed by atoms with Crippen molar-refractivity contribution in [1.82, 2.24) is 10.2 Å². The summed E-state index contributed by atoms with van der Waals surface area (Å²) in [5.74, 6) is -2.92. The van der Waals surface area contributed by atoms with Crippen LogP contribution < -0.4 is 5.32 Å². The molecular weight excluding hydrogens is 716 g/mol. The maximum Gasteiger partial charge on any atom is 0.329 e. The third-order valence-electron chi connectivity index (χ3n) is 8.53. The third kappa shape index (κ3) is 26.0. The van der Waals surface area contributed by atoms with Crippen LogP contribution in [-0.4, -0.2) is 75.1 Å². The number of hydrogen-bond donors (Lipinski definition) is 2. The quantitative estimate of drug-likeness (QED) is 0.0526. The molecule has 0 saturated carbocycles. The minimum Gasteiger partial charge on any atom is -0.481 e. The molecule has 0 aliphatic carbocycles. The zero-order valence-electron chi connectivity index (χ0n) is 35.9. The number of nitrogens with one attached hydrogen (secondary N) is 1. The lowest BCUT2D eigenvalue weighted by molar-refractivity contribution is -0.158. The van der Waals surface area contributed by atoms with Crippen LogP contribution in [0, 0.1) is 0 Å². The fourth-order valence-corrected chi connectivity index (χ4v) is 5.89. The summed E-state index contributed by atoms with van der Waals surface area (Å²) in [6, 6.07) is 5.47. The molecule has 2 amide bonds. The number of unbranched alkanes of at least 4 members (excludes halogenated alkanes) is 11. The van der Waals surface area contributed by atoms with Crippen LogP contribution in [0.2, 0.25) is 0 Å². The van der Waals surface area contributed by atoms with Gasteiger partial charge in [-0.15, -0.1) is 0 Å². The molecule has 1 rings (SSSR count). The second-order valence-electron chi connectivity index (χ2n) is 17.7. The lowest BCUT2D eigenvalue weighted by Gasteiger charge is -2.25. The number of benzene rings is 1. The van der Waals surface area contributed by atoms with Gasteiger partial charge >= 0.3 is 23.9 Å². The molecule has 318 valence electrons. The number of carbonyl (C=O) groups excluding carboxylic acids is 5. The molecular formula is C44H72N2O10. The van der Waals surface area contributed by atoms with E-state index in [1.54, 1.807) is 70.7 Å². The van der Waals surface area contributed by atoms with Crippen molar-refractivity contribution in [2.24, 2.45) is 0 Å². The molecule has 0 spiro atoms. The van der Waals surface area contributed by atoms with Crippen molar-refractivity contribution < 1.29 is 48.1 Å². The maximum absolute atomic E-state index is 13.4. The first-order chi connectivity index (χ1) is 26.0. The molecule has 12 heteroatoms. The molecule has 1 aromatic rings. The summed E-state index contributed by atoms with van der Waals surface area (Å²) in [6.45, 7) is 16.6. The van der Waals surface area contributed by atoms with Crippen LogP contribution in [0.15, 0.2) is 24.3 Å². The van der Waals surface area contributed by atoms with Gasteiger partial charge in [0.2, 0.25) is 5.91 Å². The summed E-state index contributed by atoms with van der Waals surface area (Å²) in [4.78, 5) is 76.3. The second-order valence-corrected chi connectivity index (χ2v) is 17.7. The fourth-order valence-electron chi connectivity index (χ4n) is 5.89. The van der Waals surface area contributed by atoms with Crippen molar-refractivity contribution >= 4 is 35.7 Å². The molecule has 0 saturated heterocycles. The molecule has 1 aromatic carbocycles. The number of carbonyl (C=O) groups is 6. The highest BCUT2D eigenvalue weighted by Crippen LogP contribution is 2.18. The van der Waals surface area contributed by atoms with E-state index in [1.807, 2.05) is 20.8 Å². The van der Waals surface area contributed by atoms with Crippen molar-refractivity contribution in [1.29, 1.82) is 0 Å². The zero-order valence-corrected chi connectivity index (χ0v) is 35.9. The lowest BCUT2D eigenvalue weighted by Crippen LogP contribution is -2.44. The van der Waals surface area contributed by atoms with E-state index in [1.165, 1.54) is 32.1 Å². The number of nitrogens with zero attached hydrogens (tertiary/aromatic N) is 1. The smallest absolute Gasteiger partial charge is 0.329 e. The van der Waals surface area contributed by atoms with E-state index in [0.717, 1.165) is 50.5 Å². The van der Waals surface area contributed by atoms with Gasteiger partial charge in [0.05, 0.1) is 6.42 Å². The van der Waals surface area contributed by atoms with E-state index in [4.69, 9.17) is 19.3 Å². The first-order valence-corrected chi connectivity index (χ1v) is 20.6. The Morgan fingerprint density at radius 3 is 1.46 bits per heavy atom. The molecule has 1 atom stereocenters. The van der Waals surface area contributed by atoms with Crippen LogP contribution in [0.3, 0.4) is 0 Å². The van der Waals surface area contributed by atoms with E-state index >= 15 is 0 Å². The monoisotopic (exact) mass is 789 g/mol. The van der Waals surface area contributed by atoms with E-state index in [-0.39, 0.29) is 55.8 Å². The standard InChI is InChI=1S/C44H72N2O10/c1-42(2,3)54-38(50)23-21-19-17-15-13-11-10-12-14-16-18-20-22-36(47)46(31-30-39(51)55-43(4,5)6)32-33-24-26-34(27-25-33)40(52)45-35(28-29-37(48)49)41(53)56-44(7,8)9/h24-27,35H,10-23,28-32H2,1-9H3,(H,45,52)(H,48,49)/t35-/m0/s1. The number of aliphatic carboxylic acids is 1. The van der Waals surface area contributed by atoms with Crippen LogP contribution in [0.1, 0.15) is 187 Å². The minimum absolute atomic E-state index is 0.0535. The van der Waals surface area contributed by atoms with Gasteiger partial charge in [-0.3, -0.25) is 24.0 Å². The molecule has 0 aliphatic rings. The van der Waals surface area contributed by atoms with Gasteiger partial charge in [0.25, 0.3) is 5.91 Å². The topological polar surface area (TPSA) is 166 Å². The predicted molar refractivity (Wildman–Crippen MR) is 217 cm³/mol. The highest BCUT2D eigenvalue weighted by molar-refractivity contribution is 5.97. The van der Waals surface area contributed by atoms with Gasteiger partial charge in [-0.1, -0.05) is 76.3 Å². The zero-order chi connectivity index (χ0) is 42.4. The van der Waals surface area contributed by atoms with Crippen LogP contribution in [0.4, 0.5) is 0 Å². The molecule has 0 bridgehead atoms. The first-order valence-electron chi connectivity index (χ1n) is 20.6. The van der Waals surface area contributed by atoms with Gasteiger partial charge in [0, 0.05) is 37.9 Å². The molecule has 0 aromatic heterocycles. The Balaban J connectivity index is 2.60. The van der Waals surface area contributed by atoms with Crippen LogP contribution >= 0.6 is 0 Å². The summed E-state index contributed by atoms with van der Waals surface area (Å²) in [7, 11) is 0. The van der Waals surface area contributed by atoms with Crippen molar-refractivity contribution in [3.05, 3.63) is 35.4 Å². The Kier molecular flexibility index (Phi) is 22.6. The van der Waals surface area contributed by atoms with E-state index in [9.17, 15) is 28.8 Å². The van der Waals surface area contributed by atoms with Crippen molar-refractivity contribution in [3.8, 4) is 0 Å². The number of carboxylic acid groups (broad SMARTS) is 1. The van der Waals surface area contributed by atoms with Crippen molar-refractivity contribution in [3.63, 3.8) is 0 Å². The SMILES string of the molecule is CC(C)(C)OC(=O)CCCCCCCCCCCCCCC(=O)N(CCC(=O)OC(C)(C)C)Cc1ccc(C(=O)N[C@@H](CCC(=O)O)C(=O)OC(C)(C)C)cc1. The Bertz CT molecular complexity index is 1370. The molecule has 0 unspecified atom stereocenters.